The van der Waals surface area contributed by atoms with Crippen LogP contribution in [0.1, 0.15) is 63.9 Å². The van der Waals surface area contributed by atoms with Crippen LogP contribution in [0, 0.1) is 0 Å². The average molecular weight is 556 g/mol. The first-order valence-corrected chi connectivity index (χ1v) is 14.4. The van der Waals surface area contributed by atoms with Crippen LogP contribution in [0.2, 0.25) is 15.1 Å². The highest BCUT2D eigenvalue weighted by Crippen LogP contribution is 2.26. The fourth-order valence-corrected chi connectivity index (χ4v) is 5.69. The van der Waals surface area contributed by atoms with Gasteiger partial charge in [0, 0.05) is 28.9 Å². The van der Waals surface area contributed by atoms with Crippen molar-refractivity contribution in [3.05, 3.63) is 63.1 Å². The molecule has 1 saturated carbocycles. The van der Waals surface area contributed by atoms with Crippen molar-refractivity contribution in [3.8, 4) is 0 Å². The van der Waals surface area contributed by atoms with Gasteiger partial charge in [0.05, 0.1) is 10.0 Å². The van der Waals surface area contributed by atoms with Gasteiger partial charge < -0.3 is 10.2 Å². The van der Waals surface area contributed by atoms with Crippen LogP contribution in [0.25, 0.3) is 0 Å². The highest BCUT2D eigenvalue weighted by atomic mass is 35.5. The van der Waals surface area contributed by atoms with Crippen LogP contribution in [0.5, 0.6) is 0 Å². The van der Waals surface area contributed by atoms with E-state index in [1.165, 1.54) is 6.42 Å². The molecule has 35 heavy (non-hydrogen) atoms. The third-order valence-electron chi connectivity index (χ3n) is 6.29. The predicted molar refractivity (Wildman–Crippen MR) is 148 cm³/mol. The first-order valence-electron chi connectivity index (χ1n) is 12.3. The molecule has 190 valence electrons. The van der Waals surface area contributed by atoms with Crippen LogP contribution >= 0.6 is 46.6 Å². The Morgan fingerprint density at radius 2 is 1.74 bits per heavy atom. The second-order valence-electron chi connectivity index (χ2n) is 8.94. The molecule has 0 bridgehead atoms. The molecule has 1 unspecified atom stereocenters. The molecule has 0 spiro atoms. The number of benzene rings is 2. The Labute approximate surface area is 228 Å². The lowest BCUT2D eigenvalue weighted by Crippen LogP contribution is -2.51. The van der Waals surface area contributed by atoms with Gasteiger partial charge in [0.2, 0.25) is 11.8 Å². The molecule has 0 radical (unpaired) electrons. The van der Waals surface area contributed by atoms with Crippen molar-refractivity contribution in [2.45, 2.75) is 81.8 Å². The molecular weight excluding hydrogens is 523 g/mol. The van der Waals surface area contributed by atoms with Gasteiger partial charge in [0.15, 0.2) is 0 Å². The highest BCUT2D eigenvalue weighted by molar-refractivity contribution is 7.99. The molecule has 8 heteroatoms. The second-order valence-corrected chi connectivity index (χ2v) is 11.4. The van der Waals surface area contributed by atoms with E-state index < -0.39 is 6.04 Å². The second kappa shape index (κ2) is 14.4. The maximum atomic E-state index is 13.4. The summed E-state index contributed by atoms with van der Waals surface area (Å²) in [6, 6.07) is 12.7. The zero-order valence-corrected chi connectivity index (χ0v) is 23.2. The summed E-state index contributed by atoms with van der Waals surface area (Å²) in [6.07, 6.45) is 7.14. The molecule has 0 heterocycles. The Balaban J connectivity index is 1.67. The molecule has 0 aromatic heterocycles. The molecule has 1 atom stereocenters. The Bertz CT molecular complexity index is 981. The first kappa shape index (κ1) is 28.2. The normalized spacial score (nSPS) is 15.0. The molecule has 1 fully saturated rings. The SMILES string of the molecule is CCC(C(=O)NC1CCCCC1)N(Cc1ccc(Cl)c(Cl)c1)C(=O)CCCSc1ccc(Cl)cc1. The largest absolute Gasteiger partial charge is 0.352 e. The van der Waals surface area contributed by atoms with E-state index in [1.807, 2.05) is 37.3 Å². The van der Waals surface area contributed by atoms with Gasteiger partial charge in [-0.05, 0) is 73.4 Å². The van der Waals surface area contributed by atoms with E-state index in [4.69, 9.17) is 34.8 Å². The summed E-state index contributed by atoms with van der Waals surface area (Å²) >= 11 is 20.0. The molecule has 4 nitrogen and oxygen atoms in total. The topological polar surface area (TPSA) is 49.4 Å². The fourth-order valence-electron chi connectivity index (χ4n) is 4.39. The molecule has 1 aliphatic rings. The van der Waals surface area contributed by atoms with Crippen molar-refractivity contribution in [3.63, 3.8) is 0 Å². The summed E-state index contributed by atoms with van der Waals surface area (Å²) in [5, 5.41) is 4.83. The summed E-state index contributed by atoms with van der Waals surface area (Å²) in [5.74, 6) is 0.709. The number of carbonyl (C=O) groups is 2. The number of carbonyl (C=O) groups excluding carboxylic acids is 2. The van der Waals surface area contributed by atoms with Crippen molar-refractivity contribution in [2.75, 3.05) is 5.75 Å². The van der Waals surface area contributed by atoms with Gasteiger partial charge in [0.1, 0.15) is 6.04 Å². The van der Waals surface area contributed by atoms with E-state index in [0.29, 0.717) is 40.9 Å². The monoisotopic (exact) mass is 554 g/mol. The number of nitrogens with zero attached hydrogens (tertiary/aromatic N) is 1. The van der Waals surface area contributed by atoms with Gasteiger partial charge in [-0.15, -0.1) is 11.8 Å². The predicted octanol–water partition coefficient (Wildman–Crippen LogP) is 7.78. The number of hydrogen-bond donors (Lipinski definition) is 1. The molecule has 2 aromatic carbocycles. The summed E-state index contributed by atoms with van der Waals surface area (Å²) in [5.41, 5.74) is 0.854. The minimum absolute atomic E-state index is 0.0292. The first-order chi connectivity index (χ1) is 16.9. The minimum atomic E-state index is -0.525. The van der Waals surface area contributed by atoms with Crippen molar-refractivity contribution >= 4 is 58.4 Å². The van der Waals surface area contributed by atoms with Gasteiger partial charge in [-0.1, -0.05) is 67.1 Å². The number of amides is 2. The van der Waals surface area contributed by atoms with Crippen LogP contribution in [0.4, 0.5) is 0 Å². The standard InChI is InChI=1S/C27H33Cl3N2O2S/c1-2-25(27(34)31-21-7-4-3-5-8-21)32(18-19-10-15-23(29)24(30)17-19)26(33)9-6-16-35-22-13-11-20(28)12-14-22/h10-15,17,21,25H,2-9,16,18H2,1H3,(H,31,34). The molecule has 3 rings (SSSR count). The molecule has 2 amide bonds. The zero-order valence-electron chi connectivity index (χ0n) is 20.1. The zero-order chi connectivity index (χ0) is 25.2. The van der Waals surface area contributed by atoms with Gasteiger partial charge >= 0.3 is 0 Å². The smallest absolute Gasteiger partial charge is 0.243 e. The van der Waals surface area contributed by atoms with Crippen LogP contribution in [0.3, 0.4) is 0 Å². The van der Waals surface area contributed by atoms with E-state index in [2.05, 4.69) is 5.32 Å². The number of thioether (sulfide) groups is 1. The summed E-state index contributed by atoms with van der Waals surface area (Å²) in [6.45, 7) is 2.27. The molecule has 2 aromatic rings. The number of hydrogen-bond acceptors (Lipinski definition) is 3. The molecule has 0 saturated heterocycles. The quantitative estimate of drug-likeness (QED) is 0.227. The molecule has 1 N–H and O–H groups in total. The fraction of sp³-hybridized carbons (Fsp3) is 0.481. The van der Waals surface area contributed by atoms with Crippen LogP contribution < -0.4 is 5.32 Å². The third-order valence-corrected chi connectivity index (χ3v) is 8.38. The summed E-state index contributed by atoms with van der Waals surface area (Å²) in [4.78, 5) is 29.5. The van der Waals surface area contributed by atoms with E-state index in [1.54, 1.807) is 28.8 Å². The van der Waals surface area contributed by atoms with Crippen LogP contribution in [-0.2, 0) is 16.1 Å². The maximum absolute atomic E-state index is 13.4. The van der Waals surface area contributed by atoms with E-state index in [9.17, 15) is 9.59 Å². The number of rotatable bonds is 11. The minimum Gasteiger partial charge on any atom is -0.352 e. The van der Waals surface area contributed by atoms with Gasteiger partial charge in [-0.3, -0.25) is 9.59 Å². The van der Waals surface area contributed by atoms with Gasteiger partial charge in [0.25, 0.3) is 0 Å². The van der Waals surface area contributed by atoms with Gasteiger partial charge in [-0.25, -0.2) is 0 Å². The van der Waals surface area contributed by atoms with Crippen molar-refractivity contribution in [2.24, 2.45) is 0 Å². The van der Waals surface area contributed by atoms with Crippen molar-refractivity contribution < 1.29 is 9.59 Å². The lowest BCUT2D eigenvalue weighted by molar-refractivity contribution is -0.141. The molecular formula is C27H33Cl3N2O2S. The number of nitrogens with one attached hydrogen (secondary N) is 1. The Morgan fingerprint density at radius 3 is 2.40 bits per heavy atom. The average Bonchev–Trinajstić information content (AvgIpc) is 2.85. The lowest BCUT2D eigenvalue weighted by Gasteiger charge is -2.33. The van der Waals surface area contributed by atoms with Crippen LogP contribution in [0.15, 0.2) is 47.4 Å². The molecule has 1 aliphatic carbocycles. The van der Waals surface area contributed by atoms with Crippen molar-refractivity contribution in [1.29, 1.82) is 0 Å². The third kappa shape index (κ3) is 8.89. The van der Waals surface area contributed by atoms with Crippen molar-refractivity contribution in [1.82, 2.24) is 10.2 Å². The number of halogens is 3. The van der Waals surface area contributed by atoms with Crippen LogP contribution in [-0.4, -0.2) is 34.6 Å². The Morgan fingerprint density at radius 1 is 1.03 bits per heavy atom. The van der Waals surface area contributed by atoms with E-state index in [0.717, 1.165) is 41.9 Å². The van der Waals surface area contributed by atoms with E-state index >= 15 is 0 Å². The Hall–Kier alpha value is -1.40. The maximum Gasteiger partial charge on any atom is 0.243 e. The highest BCUT2D eigenvalue weighted by Gasteiger charge is 2.30. The Kier molecular flexibility index (Phi) is 11.6. The lowest BCUT2D eigenvalue weighted by atomic mass is 9.95. The summed E-state index contributed by atoms with van der Waals surface area (Å²) < 4.78 is 0. The van der Waals surface area contributed by atoms with E-state index in [-0.39, 0.29) is 17.9 Å². The van der Waals surface area contributed by atoms with Gasteiger partial charge in [-0.2, -0.15) is 0 Å². The molecule has 0 aliphatic heterocycles. The summed E-state index contributed by atoms with van der Waals surface area (Å²) in [7, 11) is 0.